The molecule has 0 unspecified atom stereocenters. The molecule has 0 radical (unpaired) electrons. The van der Waals surface area contributed by atoms with Crippen molar-refractivity contribution in [2.75, 3.05) is 19.6 Å². The SMILES string of the molecule is C#CCNC(=NCCc1ccccc1F)NCC. The molecule has 0 aliphatic heterocycles. The number of aliphatic imine (C=N–C) groups is 1. The first-order valence-electron chi connectivity index (χ1n) is 5.97. The third-order valence-electron chi connectivity index (χ3n) is 2.31. The van der Waals surface area contributed by atoms with Crippen LogP contribution in [0.15, 0.2) is 29.3 Å². The number of hydrogen-bond acceptors (Lipinski definition) is 1. The van der Waals surface area contributed by atoms with Gasteiger partial charge in [-0.3, -0.25) is 4.99 Å². The fourth-order valence-corrected chi connectivity index (χ4v) is 1.47. The molecule has 3 nitrogen and oxygen atoms in total. The molecule has 1 aromatic carbocycles. The van der Waals surface area contributed by atoms with Crippen molar-refractivity contribution in [3.63, 3.8) is 0 Å². The first-order chi connectivity index (χ1) is 8.77. The molecule has 0 aromatic heterocycles. The van der Waals surface area contributed by atoms with Crippen molar-refractivity contribution in [2.45, 2.75) is 13.3 Å². The second-order valence-electron chi connectivity index (χ2n) is 3.66. The molecular weight excluding hydrogens is 229 g/mol. The maximum Gasteiger partial charge on any atom is 0.192 e. The van der Waals surface area contributed by atoms with Crippen molar-refractivity contribution >= 4 is 5.96 Å². The van der Waals surface area contributed by atoms with Gasteiger partial charge in [-0.25, -0.2) is 4.39 Å². The lowest BCUT2D eigenvalue weighted by atomic mass is 10.1. The minimum absolute atomic E-state index is 0.186. The van der Waals surface area contributed by atoms with E-state index in [4.69, 9.17) is 6.42 Å². The Morgan fingerprint density at radius 2 is 2.17 bits per heavy atom. The van der Waals surface area contributed by atoms with E-state index in [1.807, 2.05) is 13.0 Å². The van der Waals surface area contributed by atoms with Crippen molar-refractivity contribution in [1.29, 1.82) is 0 Å². The van der Waals surface area contributed by atoms with E-state index in [0.29, 0.717) is 31.0 Å². The lowest BCUT2D eigenvalue weighted by molar-refractivity contribution is 0.609. The van der Waals surface area contributed by atoms with E-state index < -0.39 is 0 Å². The Hall–Kier alpha value is -2.02. The highest BCUT2D eigenvalue weighted by molar-refractivity contribution is 5.79. The highest BCUT2D eigenvalue weighted by atomic mass is 19.1. The average molecular weight is 247 g/mol. The van der Waals surface area contributed by atoms with Crippen molar-refractivity contribution < 1.29 is 4.39 Å². The minimum atomic E-state index is -0.186. The fourth-order valence-electron chi connectivity index (χ4n) is 1.47. The number of hydrogen-bond donors (Lipinski definition) is 2. The third-order valence-corrected chi connectivity index (χ3v) is 2.31. The summed E-state index contributed by atoms with van der Waals surface area (Å²) in [5.74, 6) is 2.96. The zero-order valence-electron chi connectivity index (χ0n) is 10.5. The first kappa shape index (κ1) is 14.0. The number of halogens is 1. The molecule has 0 fully saturated rings. The van der Waals surface area contributed by atoms with Crippen LogP contribution in [0.1, 0.15) is 12.5 Å². The molecule has 0 bridgehead atoms. The first-order valence-corrected chi connectivity index (χ1v) is 5.97. The van der Waals surface area contributed by atoms with Gasteiger partial charge in [-0.1, -0.05) is 24.1 Å². The second kappa shape index (κ2) is 8.13. The molecule has 0 heterocycles. The molecule has 4 heteroatoms. The zero-order valence-corrected chi connectivity index (χ0v) is 10.5. The second-order valence-corrected chi connectivity index (χ2v) is 3.66. The maximum atomic E-state index is 13.4. The number of nitrogens with one attached hydrogen (secondary N) is 2. The molecule has 18 heavy (non-hydrogen) atoms. The summed E-state index contributed by atoms with van der Waals surface area (Å²) in [4.78, 5) is 4.32. The average Bonchev–Trinajstić information content (AvgIpc) is 2.38. The number of terminal acetylenes is 1. The summed E-state index contributed by atoms with van der Waals surface area (Å²) in [6.45, 7) is 3.67. The molecule has 1 rings (SSSR count). The summed E-state index contributed by atoms with van der Waals surface area (Å²) in [5.41, 5.74) is 0.675. The van der Waals surface area contributed by atoms with E-state index in [9.17, 15) is 4.39 Å². The van der Waals surface area contributed by atoms with Crippen LogP contribution in [-0.2, 0) is 6.42 Å². The molecule has 0 aliphatic carbocycles. The van der Waals surface area contributed by atoms with Crippen LogP contribution in [0.4, 0.5) is 4.39 Å². The van der Waals surface area contributed by atoms with Crippen LogP contribution in [-0.4, -0.2) is 25.6 Å². The predicted octanol–water partition coefficient (Wildman–Crippen LogP) is 1.56. The third kappa shape index (κ3) is 4.88. The van der Waals surface area contributed by atoms with Gasteiger partial charge in [0, 0.05) is 13.1 Å². The van der Waals surface area contributed by atoms with Crippen LogP contribution < -0.4 is 10.6 Å². The largest absolute Gasteiger partial charge is 0.357 e. The summed E-state index contributed by atoms with van der Waals surface area (Å²) >= 11 is 0. The Morgan fingerprint density at radius 3 is 2.83 bits per heavy atom. The van der Waals surface area contributed by atoms with E-state index in [1.165, 1.54) is 6.07 Å². The summed E-state index contributed by atoms with van der Waals surface area (Å²) in [6.07, 6.45) is 5.74. The van der Waals surface area contributed by atoms with Gasteiger partial charge in [-0.05, 0) is 25.0 Å². The maximum absolute atomic E-state index is 13.4. The van der Waals surface area contributed by atoms with Gasteiger partial charge in [-0.15, -0.1) is 6.42 Å². The molecule has 0 aliphatic rings. The summed E-state index contributed by atoms with van der Waals surface area (Å²) in [6, 6.07) is 6.73. The topological polar surface area (TPSA) is 36.4 Å². The van der Waals surface area contributed by atoms with Gasteiger partial charge >= 0.3 is 0 Å². The van der Waals surface area contributed by atoms with Gasteiger partial charge in [0.2, 0.25) is 0 Å². The van der Waals surface area contributed by atoms with E-state index in [0.717, 1.165) is 6.54 Å². The zero-order chi connectivity index (χ0) is 13.2. The van der Waals surface area contributed by atoms with Gasteiger partial charge in [0.15, 0.2) is 5.96 Å². The highest BCUT2D eigenvalue weighted by Crippen LogP contribution is 2.06. The Balaban J connectivity index is 2.50. The highest BCUT2D eigenvalue weighted by Gasteiger charge is 2.00. The molecule has 0 saturated heterocycles. The fraction of sp³-hybridized carbons (Fsp3) is 0.357. The Kier molecular flexibility index (Phi) is 6.34. The van der Waals surface area contributed by atoms with Crippen LogP contribution >= 0.6 is 0 Å². The van der Waals surface area contributed by atoms with E-state index in [2.05, 4.69) is 21.5 Å². The van der Waals surface area contributed by atoms with Gasteiger partial charge in [0.1, 0.15) is 5.82 Å². The van der Waals surface area contributed by atoms with Crippen LogP contribution in [0.25, 0.3) is 0 Å². The standard InChI is InChI=1S/C14H18FN3/c1-3-10-17-14(16-4-2)18-11-9-12-7-5-6-8-13(12)15/h1,5-8H,4,9-11H2,2H3,(H2,16,17,18). The van der Waals surface area contributed by atoms with E-state index >= 15 is 0 Å². The van der Waals surface area contributed by atoms with Gasteiger partial charge in [0.05, 0.1) is 6.54 Å². The minimum Gasteiger partial charge on any atom is -0.357 e. The van der Waals surface area contributed by atoms with Gasteiger partial charge in [-0.2, -0.15) is 0 Å². The Morgan fingerprint density at radius 1 is 1.39 bits per heavy atom. The Labute approximate surface area is 108 Å². The van der Waals surface area contributed by atoms with E-state index in [1.54, 1.807) is 12.1 Å². The van der Waals surface area contributed by atoms with Crippen LogP contribution in [0.2, 0.25) is 0 Å². The molecule has 2 N–H and O–H groups in total. The van der Waals surface area contributed by atoms with Crippen molar-refractivity contribution in [2.24, 2.45) is 4.99 Å². The monoisotopic (exact) mass is 247 g/mol. The van der Waals surface area contributed by atoms with Crippen LogP contribution in [0.3, 0.4) is 0 Å². The van der Waals surface area contributed by atoms with Crippen molar-refractivity contribution in [3.05, 3.63) is 35.6 Å². The number of guanidine groups is 1. The molecule has 0 spiro atoms. The normalized spacial score (nSPS) is 10.8. The lowest BCUT2D eigenvalue weighted by Gasteiger charge is -2.08. The predicted molar refractivity (Wildman–Crippen MR) is 72.9 cm³/mol. The lowest BCUT2D eigenvalue weighted by Crippen LogP contribution is -2.37. The van der Waals surface area contributed by atoms with Crippen molar-refractivity contribution in [1.82, 2.24) is 10.6 Å². The van der Waals surface area contributed by atoms with E-state index in [-0.39, 0.29) is 5.82 Å². The molecular formula is C14H18FN3. The summed E-state index contributed by atoms with van der Waals surface area (Å²) in [5, 5.41) is 6.05. The number of benzene rings is 1. The molecule has 0 amide bonds. The number of nitrogens with zero attached hydrogens (tertiary/aromatic N) is 1. The van der Waals surface area contributed by atoms with Crippen molar-refractivity contribution in [3.8, 4) is 12.3 Å². The van der Waals surface area contributed by atoms with Crippen LogP contribution in [0, 0.1) is 18.2 Å². The quantitative estimate of drug-likeness (QED) is 0.470. The molecule has 96 valence electrons. The molecule has 0 saturated carbocycles. The smallest absolute Gasteiger partial charge is 0.192 e. The number of rotatable bonds is 5. The molecule has 0 atom stereocenters. The molecule has 1 aromatic rings. The summed E-state index contributed by atoms with van der Waals surface area (Å²) in [7, 11) is 0. The Bertz CT molecular complexity index is 435. The van der Waals surface area contributed by atoms with Gasteiger partial charge in [0.25, 0.3) is 0 Å². The summed E-state index contributed by atoms with van der Waals surface area (Å²) < 4.78 is 13.4. The van der Waals surface area contributed by atoms with Crippen LogP contribution in [0.5, 0.6) is 0 Å². The van der Waals surface area contributed by atoms with Gasteiger partial charge < -0.3 is 10.6 Å².